The van der Waals surface area contributed by atoms with Crippen LogP contribution in [0, 0.1) is 11.8 Å². The lowest BCUT2D eigenvalue weighted by Gasteiger charge is -2.35. The first-order chi connectivity index (χ1) is 18.5. The van der Waals surface area contributed by atoms with E-state index in [1.165, 1.54) is 6.42 Å². The molecule has 38 heavy (non-hydrogen) atoms. The molecule has 4 heterocycles. The molecular formula is C28H35ClN4O5. The van der Waals surface area contributed by atoms with E-state index >= 15 is 0 Å². The van der Waals surface area contributed by atoms with E-state index in [1.807, 2.05) is 12.2 Å². The summed E-state index contributed by atoms with van der Waals surface area (Å²) in [5, 5.41) is 6.66. The van der Waals surface area contributed by atoms with Gasteiger partial charge in [0.2, 0.25) is 17.7 Å². The van der Waals surface area contributed by atoms with Gasteiger partial charge in [0.1, 0.15) is 11.6 Å². The number of benzene rings is 1. The maximum atomic E-state index is 14.1. The minimum Gasteiger partial charge on any atom is -0.379 e. The molecule has 3 amide bonds. The van der Waals surface area contributed by atoms with Gasteiger partial charge in [0.15, 0.2) is 0 Å². The Kier molecular flexibility index (Phi) is 7.20. The third-order valence-electron chi connectivity index (χ3n) is 8.73. The van der Waals surface area contributed by atoms with Gasteiger partial charge in [-0.2, -0.15) is 0 Å². The summed E-state index contributed by atoms with van der Waals surface area (Å²) in [6.45, 7) is 3.93. The Labute approximate surface area is 227 Å². The third-order valence-corrected chi connectivity index (χ3v) is 8.96. The number of nitrogens with one attached hydrogen (secondary N) is 2. The highest BCUT2D eigenvalue weighted by Gasteiger charge is 2.72. The Bertz CT molecular complexity index is 1120. The summed E-state index contributed by atoms with van der Waals surface area (Å²) in [5.74, 6) is -2.17. The standard InChI is InChI=1S/C28H35ClN4O5/c29-18-5-4-8-20(17-18)31-25(34)22-21-9-10-28(38-21)23(22)27(36)33(12-11-32-13-15-37-16-14-32)24(28)26(35)30-19-6-2-1-3-7-19/h4-5,8-10,17,19,21-24H,1-3,6-7,11-16H2,(H,30,35)(H,31,34)/t21-,22?,23-,24?,28?/m1/s1. The zero-order chi connectivity index (χ0) is 26.3. The van der Waals surface area contributed by atoms with Gasteiger partial charge < -0.3 is 25.0 Å². The fraction of sp³-hybridized carbons (Fsp3) is 0.607. The van der Waals surface area contributed by atoms with E-state index in [9.17, 15) is 14.4 Å². The first kappa shape index (κ1) is 25.8. The van der Waals surface area contributed by atoms with Gasteiger partial charge in [-0.15, -0.1) is 0 Å². The van der Waals surface area contributed by atoms with Gasteiger partial charge in [0.05, 0.1) is 31.2 Å². The topological polar surface area (TPSA) is 100 Å². The van der Waals surface area contributed by atoms with Crippen molar-refractivity contribution in [3.8, 4) is 0 Å². The molecule has 1 aromatic rings. The van der Waals surface area contributed by atoms with Crippen molar-refractivity contribution in [1.29, 1.82) is 0 Å². The lowest BCUT2D eigenvalue weighted by Crippen LogP contribution is -2.57. The molecule has 10 heteroatoms. The van der Waals surface area contributed by atoms with Crippen molar-refractivity contribution in [3.05, 3.63) is 41.4 Å². The van der Waals surface area contributed by atoms with Gasteiger partial charge in [-0.25, -0.2) is 0 Å². The van der Waals surface area contributed by atoms with Crippen LogP contribution < -0.4 is 10.6 Å². The van der Waals surface area contributed by atoms with Crippen LogP contribution in [-0.4, -0.2) is 90.7 Å². The molecule has 1 spiro atoms. The molecule has 4 aliphatic heterocycles. The molecule has 1 aromatic carbocycles. The van der Waals surface area contributed by atoms with Crippen molar-refractivity contribution in [2.75, 3.05) is 44.7 Å². The quantitative estimate of drug-likeness (QED) is 0.513. The molecular weight excluding hydrogens is 508 g/mol. The van der Waals surface area contributed by atoms with Crippen LogP contribution >= 0.6 is 11.6 Å². The molecule has 4 fully saturated rings. The molecule has 0 radical (unpaired) electrons. The van der Waals surface area contributed by atoms with Gasteiger partial charge in [-0.3, -0.25) is 19.3 Å². The van der Waals surface area contributed by atoms with Gasteiger partial charge in [0, 0.05) is 42.9 Å². The van der Waals surface area contributed by atoms with Gasteiger partial charge in [0.25, 0.3) is 0 Å². The number of amides is 3. The Morgan fingerprint density at radius 1 is 1.08 bits per heavy atom. The van der Waals surface area contributed by atoms with Gasteiger partial charge in [-0.05, 0) is 31.0 Å². The Morgan fingerprint density at radius 3 is 2.63 bits per heavy atom. The van der Waals surface area contributed by atoms with Crippen LogP contribution in [0.25, 0.3) is 0 Å². The summed E-state index contributed by atoms with van der Waals surface area (Å²) in [4.78, 5) is 45.4. The van der Waals surface area contributed by atoms with E-state index in [2.05, 4.69) is 15.5 Å². The minimum absolute atomic E-state index is 0.104. The summed E-state index contributed by atoms with van der Waals surface area (Å²) >= 11 is 6.11. The number of rotatable bonds is 7. The van der Waals surface area contributed by atoms with Crippen LogP contribution in [0.15, 0.2) is 36.4 Å². The monoisotopic (exact) mass is 542 g/mol. The van der Waals surface area contributed by atoms with Crippen molar-refractivity contribution in [3.63, 3.8) is 0 Å². The van der Waals surface area contributed by atoms with E-state index < -0.39 is 29.6 Å². The first-order valence-corrected chi connectivity index (χ1v) is 14.2. The normalized spacial score (nSPS) is 33.0. The highest BCUT2D eigenvalue weighted by atomic mass is 35.5. The number of fused-ring (bicyclic) bond motifs is 1. The molecule has 1 saturated carbocycles. The highest BCUT2D eigenvalue weighted by Crippen LogP contribution is 2.55. The average molecular weight is 543 g/mol. The van der Waals surface area contributed by atoms with Crippen molar-refractivity contribution in [2.45, 2.75) is 55.9 Å². The van der Waals surface area contributed by atoms with Gasteiger partial charge >= 0.3 is 0 Å². The smallest absolute Gasteiger partial charge is 0.246 e. The first-order valence-electron chi connectivity index (χ1n) is 13.8. The second-order valence-electron chi connectivity index (χ2n) is 11.0. The predicted octanol–water partition coefficient (Wildman–Crippen LogP) is 2.21. The second-order valence-corrected chi connectivity index (χ2v) is 11.5. The van der Waals surface area contributed by atoms with E-state index in [0.717, 1.165) is 38.8 Å². The third kappa shape index (κ3) is 4.63. The van der Waals surface area contributed by atoms with Crippen LogP contribution in [0.3, 0.4) is 0 Å². The minimum atomic E-state index is -1.15. The van der Waals surface area contributed by atoms with Crippen molar-refractivity contribution in [1.82, 2.24) is 15.1 Å². The van der Waals surface area contributed by atoms with E-state index in [4.69, 9.17) is 21.1 Å². The second kappa shape index (κ2) is 10.6. The largest absolute Gasteiger partial charge is 0.379 e. The van der Waals surface area contributed by atoms with E-state index in [0.29, 0.717) is 37.0 Å². The van der Waals surface area contributed by atoms with Crippen LogP contribution in [0.2, 0.25) is 5.02 Å². The molecule has 3 unspecified atom stereocenters. The summed E-state index contributed by atoms with van der Waals surface area (Å²) in [6.07, 6.45) is 8.40. The molecule has 3 saturated heterocycles. The van der Waals surface area contributed by atoms with Crippen LogP contribution in [0.4, 0.5) is 5.69 Å². The number of nitrogens with zero attached hydrogens (tertiary/aromatic N) is 2. The SMILES string of the molecule is O=C(Nc1cccc(Cl)c1)C1[C@H]2C=CC3(O2)C(C(=O)NC2CCCCC2)N(CCN2CCOCC2)C(=O)[C@@H]13. The lowest BCUT2D eigenvalue weighted by molar-refractivity contribution is -0.141. The highest BCUT2D eigenvalue weighted by molar-refractivity contribution is 6.30. The molecule has 5 atom stereocenters. The molecule has 9 nitrogen and oxygen atoms in total. The number of hydrogen-bond acceptors (Lipinski definition) is 6. The Hall–Kier alpha value is -2.46. The molecule has 204 valence electrons. The van der Waals surface area contributed by atoms with Crippen molar-refractivity contribution in [2.24, 2.45) is 11.8 Å². The molecule has 1 aliphatic carbocycles. The molecule has 5 aliphatic rings. The number of hydrogen-bond donors (Lipinski definition) is 2. The maximum Gasteiger partial charge on any atom is 0.246 e. The van der Waals surface area contributed by atoms with E-state index in [1.54, 1.807) is 29.2 Å². The lowest BCUT2D eigenvalue weighted by atomic mass is 9.74. The molecule has 6 rings (SSSR count). The molecule has 2 N–H and O–H groups in total. The van der Waals surface area contributed by atoms with Crippen LogP contribution in [-0.2, 0) is 23.9 Å². The van der Waals surface area contributed by atoms with Crippen molar-refractivity contribution >= 4 is 35.0 Å². The fourth-order valence-corrected chi connectivity index (χ4v) is 7.09. The predicted molar refractivity (Wildman–Crippen MR) is 142 cm³/mol. The number of carbonyl (C=O) groups is 3. The fourth-order valence-electron chi connectivity index (χ4n) is 6.90. The summed E-state index contributed by atoms with van der Waals surface area (Å²) < 4.78 is 11.9. The summed E-state index contributed by atoms with van der Waals surface area (Å²) in [6, 6.07) is 6.22. The number of carbonyl (C=O) groups excluding carboxylic acids is 3. The van der Waals surface area contributed by atoms with Crippen LogP contribution in [0.1, 0.15) is 32.1 Å². The van der Waals surface area contributed by atoms with E-state index in [-0.39, 0.29) is 23.8 Å². The molecule has 0 aromatic heterocycles. The zero-order valence-electron chi connectivity index (χ0n) is 21.4. The number of likely N-dealkylation sites (tertiary alicyclic amines) is 1. The van der Waals surface area contributed by atoms with Gasteiger partial charge in [-0.1, -0.05) is 49.1 Å². The maximum absolute atomic E-state index is 14.1. The Morgan fingerprint density at radius 2 is 1.87 bits per heavy atom. The molecule has 2 bridgehead atoms. The number of ether oxygens (including phenoxy) is 2. The number of halogens is 1. The average Bonchev–Trinajstić information content (AvgIpc) is 3.56. The summed E-state index contributed by atoms with van der Waals surface area (Å²) in [7, 11) is 0. The number of morpholine rings is 1. The summed E-state index contributed by atoms with van der Waals surface area (Å²) in [5.41, 5.74) is -0.591. The van der Waals surface area contributed by atoms with Crippen LogP contribution in [0.5, 0.6) is 0 Å². The Balaban J connectivity index is 1.27. The zero-order valence-corrected chi connectivity index (χ0v) is 22.2. The number of anilines is 1. The van der Waals surface area contributed by atoms with Crippen molar-refractivity contribution < 1.29 is 23.9 Å².